The van der Waals surface area contributed by atoms with Gasteiger partial charge in [-0.3, -0.25) is 9.59 Å². The lowest BCUT2D eigenvalue weighted by atomic mass is 9.78. The van der Waals surface area contributed by atoms with Crippen LogP contribution in [0.25, 0.3) is 0 Å². The standard InChI is InChI=1S/C12H24FNO.C4H8O2.C2H6/c1-5-12(2,3)9-10(6-7-14-4)8-11(13)15;1-4(2)6-3-5;1-2/h10,14H,5-9H2,1-4H3;3-4H,1-2H3;1-2H3. The maximum atomic E-state index is 12.4. The Labute approximate surface area is 142 Å². The van der Waals surface area contributed by atoms with Crippen molar-refractivity contribution in [1.82, 2.24) is 5.32 Å². The number of ether oxygens (including phenoxy) is 1. The van der Waals surface area contributed by atoms with Crippen LogP contribution in [0.4, 0.5) is 4.39 Å². The molecule has 0 bridgehead atoms. The molecule has 4 nitrogen and oxygen atoms in total. The molecule has 0 fully saturated rings. The summed E-state index contributed by atoms with van der Waals surface area (Å²) in [4.78, 5) is 19.9. The summed E-state index contributed by atoms with van der Waals surface area (Å²) in [6.45, 7) is 15.4. The van der Waals surface area contributed by atoms with Crippen molar-refractivity contribution in [2.75, 3.05) is 13.6 Å². The van der Waals surface area contributed by atoms with E-state index in [0.29, 0.717) is 6.47 Å². The van der Waals surface area contributed by atoms with E-state index in [1.165, 1.54) is 0 Å². The first kappa shape index (κ1) is 26.9. The molecule has 0 aliphatic heterocycles. The van der Waals surface area contributed by atoms with Gasteiger partial charge in [0.15, 0.2) is 0 Å². The molecule has 0 amide bonds. The second kappa shape index (κ2) is 17.4. The topological polar surface area (TPSA) is 55.4 Å². The van der Waals surface area contributed by atoms with E-state index in [9.17, 15) is 14.0 Å². The Morgan fingerprint density at radius 2 is 1.83 bits per heavy atom. The average molecular weight is 336 g/mol. The van der Waals surface area contributed by atoms with Gasteiger partial charge in [-0.25, -0.2) is 0 Å². The van der Waals surface area contributed by atoms with E-state index >= 15 is 0 Å². The van der Waals surface area contributed by atoms with Crippen molar-refractivity contribution in [2.24, 2.45) is 11.3 Å². The van der Waals surface area contributed by atoms with Crippen molar-refractivity contribution in [3.8, 4) is 0 Å². The van der Waals surface area contributed by atoms with Crippen molar-refractivity contribution < 1.29 is 18.7 Å². The molecule has 1 atom stereocenters. The first-order valence-electron chi connectivity index (χ1n) is 8.60. The number of carbonyl (C=O) groups is 2. The average Bonchev–Trinajstić information content (AvgIpc) is 2.46. The normalized spacial score (nSPS) is 11.6. The molecular weight excluding hydrogens is 297 g/mol. The van der Waals surface area contributed by atoms with Gasteiger partial charge in [0.05, 0.1) is 6.10 Å². The van der Waals surface area contributed by atoms with Gasteiger partial charge in [-0.05, 0) is 51.6 Å². The maximum absolute atomic E-state index is 12.4. The van der Waals surface area contributed by atoms with Crippen LogP contribution in [-0.4, -0.2) is 32.2 Å². The van der Waals surface area contributed by atoms with Gasteiger partial charge in [-0.1, -0.05) is 41.0 Å². The highest BCUT2D eigenvalue weighted by atomic mass is 19.1. The summed E-state index contributed by atoms with van der Waals surface area (Å²) in [6, 6.07) is -1.18. The molecular formula is C18H38FNO3. The van der Waals surface area contributed by atoms with Gasteiger partial charge < -0.3 is 10.1 Å². The predicted molar refractivity (Wildman–Crippen MR) is 95.1 cm³/mol. The molecule has 0 aromatic rings. The second-order valence-electron chi connectivity index (χ2n) is 6.32. The minimum absolute atomic E-state index is 0.0301. The van der Waals surface area contributed by atoms with Crippen LogP contribution in [0.3, 0.4) is 0 Å². The van der Waals surface area contributed by atoms with E-state index in [0.717, 1.165) is 25.8 Å². The largest absolute Gasteiger partial charge is 0.465 e. The number of hydrogen-bond acceptors (Lipinski definition) is 4. The van der Waals surface area contributed by atoms with Gasteiger partial charge in [0.25, 0.3) is 6.47 Å². The van der Waals surface area contributed by atoms with Gasteiger partial charge in [-0.15, -0.1) is 0 Å². The minimum Gasteiger partial charge on any atom is -0.465 e. The summed E-state index contributed by atoms with van der Waals surface area (Å²) in [7, 11) is 1.87. The lowest BCUT2D eigenvalue weighted by molar-refractivity contribution is -0.132. The van der Waals surface area contributed by atoms with Gasteiger partial charge >= 0.3 is 6.04 Å². The summed E-state index contributed by atoms with van der Waals surface area (Å²) in [5, 5.41) is 3.04. The summed E-state index contributed by atoms with van der Waals surface area (Å²) >= 11 is 0. The Balaban J connectivity index is -0.000000418. The first-order valence-corrected chi connectivity index (χ1v) is 8.60. The number of halogens is 1. The molecule has 23 heavy (non-hydrogen) atoms. The number of carbonyl (C=O) groups excluding carboxylic acids is 2. The van der Waals surface area contributed by atoms with E-state index in [-0.39, 0.29) is 23.9 Å². The summed E-state index contributed by atoms with van der Waals surface area (Å²) in [5.74, 6) is 0.171. The summed E-state index contributed by atoms with van der Waals surface area (Å²) < 4.78 is 16.8. The van der Waals surface area contributed by atoms with Gasteiger partial charge in [0.1, 0.15) is 0 Å². The third-order valence-corrected chi connectivity index (χ3v) is 3.38. The van der Waals surface area contributed by atoms with Crippen molar-refractivity contribution in [3.63, 3.8) is 0 Å². The quantitative estimate of drug-likeness (QED) is 0.471. The van der Waals surface area contributed by atoms with Crippen LogP contribution in [-0.2, 0) is 14.3 Å². The van der Waals surface area contributed by atoms with E-state index in [1.54, 1.807) is 13.8 Å². The van der Waals surface area contributed by atoms with Crippen LogP contribution in [0.1, 0.15) is 74.1 Å². The Bertz CT molecular complexity index is 281. The zero-order chi connectivity index (χ0) is 18.9. The molecule has 0 spiro atoms. The molecule has 0 aromatic heterocycles. The zero-order valence-corrected chi connectivity index (χ0v) is 16.4. The third-order valence-electron chi connectivity index (χ3n) is 3.38. The molecule has 1 N–H and O–H groups in total. The van der Waals surface area contributed by atoms with Crippen LogP contribution < -0.4 is 5.32 Å². The Morgan fingerprint density at radius 3 is 2.09 bits per heavy atom. The second-order valence-corrected chi connectivity index (χ2v) is 6.32. The molecule has 0 saturated carbocycles. The molecule has 140 valence electrons. The van der Waals surface area contributed by atoms with Crippen molar-refractivity contribution >= 4 is 12.5 Å². The van der Waals surface area contributed by atoms with Gasteiger partial charge in [-0.2, -0.15) is 4.39 Å². The summed E-state index contributed by atoms with van der Waals surface area (Å²) in [6.07, 6.45) is 2.95. The van der Waals surface area contributed by atoms with Crippen molar-refractivity contribution in [1.29, 1.82) is 0 Å². The highest BCUT2D eigenvalue weighted by Crippen LogP contribution is 2.31. The van der Waals surface area contributed by atoms with Crippen molar-refractivity contribution in [3.05, 3.63) is 0 Å². The molecule has 0 saturated heterocycles. The van der Waals surface area contributed by atoms with Crippen LogP contribution in [0.2, 0.25) is 0 Å². The Morgan fingerprint density at radius 1 is 1.30 bits per heavy atom. The predicted octanol–water partition coefficient (Wildman–Crippen LogP) is 4.52. The van der Waals surface area contributed by atoms with E-state index < -0.39 is 6.04 Å². The molecule has 1 unspecified atom stereocenters. The smallest absolute Gasteiger partial charge is 0.301 e. The fourth-order valence-corrected chi connectivity index (χ4v) is 1.89. The van der Waals surface area contributed by atoms with Crippen LogP contribution in [0.5, 0.6) is 0 Å². The first-order chi connectivity index (χ1) is 10.7. The lowest BCUT2D eigenvalue weighted by Crippen LogP contribution is -2.21. The number of nitrogens with one attached hydrogen (secondary N) is 1. The Hall–Kier alpha value is -0.970. The van der Waals surface area contributed by atoms with E-state index in [2.05, 4.69) is 30.8 Å². The van der Waals surface area contributed by atoms with E-state index in [4.69, 9.17) is 0 Å². The fourth-order valence-electron chi connectivity index (χ4n) is 1.89. The zero-order valence-electron chi connectivity index (χ0n) is 16.4. The monoisotopic (exact) mass is 335 g/mol. The van der Waals surface area contributed by atoms with Gasteiger partial charge in [0.2, 0.25) is 0 Å². The molecule has 0 rings (SSSR count). The third kappa shape index (κ3) is 23.4. The highest BCUT2D eigenvalue weighted by molar-refractivity contribution is 5.68. The molecule has 0 aromatic carbocycles. The van der Waals surface area contributed by atoms with Crippen LogP contribution in [0.15, 0.2) is 0 Å². The molecule has 5 heteroatoms. The number of hydrogen-bond donors (Lipinski definition) is 1. The highest BCUT2D eigenvalue weighted by Gasteiger charge is 2.23. The van der Waals surface area contributed by atoms with Crippen LogP contribution >= 0.6 is 0 Å². The molecule has 0 aliphatic rings. The van der Waals surface area contributed by atoms with Gasteiger partial charge in [0, 0.05) is 6.42 Å². The SMILES string of the molecule is CC.CC(C)OC=O.CCC(C)(C)CC(CCNC)CC(=O)F. The molecule has 0 heterocycles. The summed E-state index contributed by atoms with van der Waals surface area (Å²) in [5.41, 5.74) is 0.202. The maximum Gasteiger partial charge on any atom is 0.301 e. The number of rotatable bonds is 10. The minimum atomic E-state index is -1.18. The molecule has 0 aliphatic carbocycles. The molecule has 0 radical (unpaired) electrons. The van der Waals surface area contributed by atoms with Crippen LogP contribution in [0, 0.1) is 11.3 Å². The lowest BCUT2D eigenvalue weighted by Gasteiger charge is -2.27. The Kier molecular flexibility index (Phi) is 20.3. The van der Waals surface area contributed by atoms with Crippen molar-refractivity contribution in [2.45, 2.75) is 80.3 Å². The fraction of sp³-hybridized carbons (Fsp3) is 0.889. The van der Waals surface area contributed by atoms with E-state index in [1.807, 2.05) is 20.9 Å².